The molecule has 0 aliphatic heterocycles. The molecule has 1 heterocycles. The van der Waals surface area contributed by atoms with Crippen LogP contribution in [0, 0.1) is 11.3 Å². The summed E-state index contributed by atoms with van der Waals surface area (Å²) in [5.41, 5.74) is 5.63. The van der Waals surface area contributed by atoms with Crippen LogP contribution in [0.1, 0.15) is 30.7 Å². The molecule has 0 amide bonds. The summed E-state index contributed by atoms with van der Waals surface area (Å²) in [6, 6.07) is 8.78. The van der Waals surface area contributed by atoms with E-state index in [1.165, 1.54) is 0 Å². The van der Waals surface area contributed by atoms with Crippen molar-refractivity contribution in [3.63, 3.8) is 0 Å². The number of aromatic nitrogens is 1. The maximum absolute atomic E-state index is 9.38. The highest BCUT2D eigenvalue weighted by Crippen LogP contribution is 2.22. The molecule has 1 aromatic carbocycles. The zero-order valence-electron chi connectivity index (χ0n) is 12.6. The summed E-state index contributed by atoms with van der Waals surface area (Å²) in [7, 11) is 1.99. The van der Waals surface area contributed by atoms with Crippen LogP contribution >= 0.6 is 11.3 Å². The van der Waals surface area contributed by atoms with E-state index in [1.807, 2.05) is 30.1 Å². The normalized spacial score (nSPS) is 10.6. The lowest BCUT2D eigenvalue weighted by Gasteiger charge is -2.20. The highest BCUT2D eigenvalue weighted by molar-refractivity contribution is 7.07. The summed E-state index contributed by atoms with van der Waals surface area (Å²) >= 11 is 1.59. The second-order valence-electron chi connectivity index (χ2n) is 5.33. The zero-order chi connectivity index (χ0) is 15.2. The molecule has 0 bridgehead atoms. The number of hydrogen-bond acceptors (Lipinski definition) is 5. The molecule has 0 saturated heterocycles. The van der Waals surface area contributed by atoms with Gasteiger partial charge in [0.05, 0.1) is 29.0 Å². The summed E-state index contributed by atoms with van der Waals surface area (Å²) in [5.74, 6) is 0. The van der Waals surface area contributed by atoms with E-state index in [2.05, 4.69) is 41.2 Å². The molecule has 0 unspecified atom stereocenters. The first-order chi connectivity index (χ1) is 10.1. The summed E-state index contributed by atoms with van der Waals surface area (Å²) < 4.78 is 0. The number of nitrogens with zero attached hydrogens (tertiary/aromatic N) is 3. The number of nitriles is 1. The molecular weight excluding hydrogens is 280 g/mol. The molecule has 0 radical (unpaired) electrons. The Morgan fingerprint density at radius 2 is 2.24 bits per heavy atom. The van der Waals surface area contributed by atoms with E-state index in [0.717, 1.165) is 23.5 Å². The van der Waals surface area contributed by atoms with Gasteiger partial charge in [-0.15, -0.1) is 11.3 Å². The van der Waals surface area contributed by atoms with Gasteiger partial charge in [-0.2, -0.15) is 5.26 Å². The van der Waals surface area contributed by atoms with Crippen molar-refractivity contribution in [1.82, 2.24) is 10.3 Å². The van der Waals surface area contributed by atoms with Crippen LogP contribution in [0.5, 0.6) is 0 Å². The summed E-state index contributed by atoms with van der Waals surface area (Å²) in [4.78, 5) is 6.35. The van der Waals surface area contributed by atoms with E-state index in [4.69, 9.17) is 0 Å². The van der Waals surface area contributed by atoms with Crippen LogP contribution in [0.15, 0.2) is 29.1 Å². The first-order valence-corrected chi connectivity index (χ1v) is 7.89. The maximum Gasteiger partial charge on any atom is 0.101 e. The minimum atomic E-state index is 0.433. The third-order valence-electron chi connectivity index (χ3n) is 3.19. The van der Waals surface area contributed by atoms with Gasteiger partial charge in [-0.1, -0.05) is 19.9 Å². The standard InChI is InChI=1S/C16H20N4S/c1-12(2)18-8-13-4-5-16(14(6-13)7-17)20(3)9-15-10-21-11-19-15/h4-6,10-12,18H,8-9H2,1-3H3. The summed E-state index contributed by atoms with van der Waals surface area (Å²) in [6.45, 7) is 5.71. The van der Waals surface area contributed by atoms with E-state index < -0.39 is 0 Å². The molecule has 5 heteroatoms. The predicted molar refractivity (Wildman–Crippen MR) is 87.4 cm³/mol. The number of nitrogens with one attached hydrogen (secondary N) is 1. The highest BCUT2D eigenvalue weighted by Gasteiger charge is 2.10. The van der Waals surface area contributed by atoms with Crippen LogP contribution in [-0.4, -0.2) is 18.1 Å². The molecule has 110 valence electrons. The van der Waals surface area contributed by atoms with Gasteiger partial charge in [0.2, 0.25) is 0 Å². The van der Waals surface area contributed by atoms with Crippen LogP contribution < -0.4 is 10.2 Å². The molecule has 0 fully saturated rings. The van der Waals surface area contributed by atoms with Gasteiger partial charge in [0.15, 0.2) is 0 Å². The molecule has 1 aromatic heterocycles. The van der Waals surface area contributed by atoms with Crippen LogP contribution in [-0.2, 0) is 13.1 Å². The minimum Gasteiger partial charge on any atom is -0.368 e. The van der Waals surface area contributed by atoms with Crippen LogP contribution in [0.3, 0.4) is 0 Å². The Morgan fingerprint density at radius 3 is 2.86 bits per heavy atom. The Kier molecular flexibility index (Phi) is 5.32. The maximum atomic E-state index is 9.38. The fourth-order valence-electron chi connectivity index (χ4n) is 2.08. The molecule has 2 aromatic rings. The Labute approximate surface area is 130 Å². The first-order valence-electron chi connectivity index (χ1n) is 6.94. The van der Waals surface area contributed by atoms with Crippen molar-refractivity contribution in [2.75, 3.05) is 11.9 Å². The van der Waals surface area contributed by atoms with E-state index in [9.17, 15) is 5.26 Å². The van der Waals surface area contributed by atoms with Gasteiger partial charge in [-0.25, -0.2) is 4.98 Å². The molecule has 0 aliphatic rings. The van der Waals surface area contributed by atoms with Gasteiger partial charge in [0, 0.05) is 25.0 Å². The van der Waals surface area contributed by atoms with E-state index >= 15 is 0 Å². The van der Waals surface area contributed by atoms with Gasteiger partial charge >= 0.3 is 0 Å². The van der Waals surface area contributed by atoms with Gasteiger partial charge in [0.1, 0.15) is 6.07 Å². The number of anilines is 1. The molecule has 0 atom stereocenters. The number of thiazole rings is 1. The summed E-state index contributed by atoms with van der Waals surface area (Å²) in [5, 5.41) is 14.8. The molecule has 4 nitrogen and oxygen atoms in total. The van der Waals surface area contributed by atoms with Crippen LogP contribution in [0.25, 0.3) is 0 Å². The van der Waals surface area contributed by atoms with Crippen LogP contribution in [0.4, 0.5) is 5.69 Å². The fourth-order valence-corrected chi connectivity index (χ4v) is 2.63. The monoisotopic (exact) mass is 300 g/mol. The predicted octanol–water partition coefficient (Wildman–Crippen LogP) is 3.15. The molecule has 21 heavy (non-hydrogen) atoms. The van der Waals surface area contributed by atoms with Crippen LogP contribution in [0.2, 0.25) is 0 Å². The lowest BCUT2D eigenvalue weighted by atomic mass is 10.1. The van der Waals surface area contributed by atoms with Gasteiger partial charge < -0.3 is 10.2 Å². The Hall–Kier alpha value is -1.90. The minimum absolute atomic E-state index is 0.433. The lowest BCUT2D eigenvalue weighted by Crippen LogP contribution is -2.22. The molecular formula is C16H20N4S. The largest absolute Gasteiger partial charge is 0.368 e. The average Bonchev–Trinajstić information content (AvgIpc) is 2.97. The number of hydrogen-bond donors (Lipinski definition) is 1. The Morgan fingerprint density at radius 1 is 1.43 bits per heavy atom. The molecule has 2 rings (SSSR count). The molecule has 1 N–H and O–H groups in total. The van der Waals surface area contributed by atoms with E-state index in [1.54, 1.807) is 11.3 Å². The highest BCUT2D eigenvalue weighted by atomic mass is 32.1. The third kappa shape index (κ3) is 4.28. The summed E-state index contributed by atoms with van der Waals surface area (Å²) in [6.07, 6.45) is 0. The van der Waals surface area contributed by atoms with Crippen molar-refractivity contribution >= 4 is 17.0 Å². The van der Waals surface area contributed by atoms with Crippen molar-refractivity contribution < 1.29 is 0 Å². The number of rotatable bonds is 6. The SMILES string of the molecule is CC(C)NCc1ccc(N(C)Cc2cscn2)c(C#N)c1. The second kappa shape index (κ2) is 7.21. The van der Waals surface area contributed by atoms with Gasteiger partial charge in [-0.05, 0) is 17.7 Å². The van der Waals surface area contributed by atoms with Crippen molar-refractivity contribution in [1.29, 1.82) is 5.26 Å². The fraction of sp³-hybridized carbons (Fsp3) is 0.375. The van der Waals surface area contributed by atoms with E-state index in [0.29, 0.717) is 18.2 Å². The quantitative estimate of drug-likeness (QED) is 0.890. The first kappa shape index (κ1) is 15.5. The van der Waals surface area contributed by atoms with Crippen molar-refractivity contribution in [3.05, 3.63) is 45.9 Å². The third-order valence-corrected chi connectivity index (χ3v) is 3.83. The van der Waals surface area contributed by atoms with Gasteiger partial charge in [0.25, 0.3) is 0 Å². The van der Waals surface area contributed by atoms with Gasteiger partial charge in [-0.3, -0.25) is 0 Å². The lowest BCUT2D eigenvalue weighted by molar-refractivity contribution is 0.589. The molecule has 0 aliphatic carbocycles. The molecule has 0 spiro atoms. The second-order valence-corrected chi connectivity index (χ2v) is 6.05. The topological polar surface area (TPSA) is 52.0 Å². The Balaban J connectivity index is 2.14. The molecule has 0 saturated carbocycles. The van der Waals surface area contributed by atoms with Crippen molar-refractivity contribution in [2.45, 2.75) is 33.0 Å². The van der Waals surface area contributed by atoms with E-state index in [-0.39, 0.29) is 0 Å². The smallest absolute Gasteiger partial charge is 0.101 e. The van der Waals surface area contributed by atoms with Crippen molar-refractivity contribution in [2.24, 2.45) is 0 Å². The average molecular weight is 300 g/mol. The zero-order valence-corrected chi connectivity index (χ0v) is 13.4. The Bertz CT molecular complexity index is 614. The van der Waals surface area contributed by atoms with Crippen molar-refractivity contribution in [3.8, 4) is 6.07 Å². The number of benzene rings is 1.